The first-order valence-electron chi connectivity index (χ1n) is 11.0. The van der Waals surface area contributed by atoms with Crippen LogP contribution < -0.4 is 14.8 Å². The summed E-state index contributed by atoms with van der Waals surface area (Å²) in [5.41, 5.74) is 5.45. The fraction of sp³-hybridized carbons (Fsp3) is 0.214. The lowest BCUT2D eigenvalue weighted by molar-refractivity contribution is -0.112. The quantitative estimate of drug-likeness (QED) is 0.260. The monoisotopic (exact) mass is 518 g/mol. The fourth-order valence-electron chi connectivity index (χ4n) is 3.62. The maximum atomic E-state index is 12.8. The minimum absolute atomic E-state index is 0.00496. The predicted molar refractivity (Wildman–Crippen MR) is 139 cm³/mol. The molecule has 1 N–H and O–H groups in total. The SMILES string of the molecule is CCOc1cc(C=C(C#N)C(=O)Nc2c(C)cc(C)cc2C)ccc1OCc1ccc(Br)cc1. The Bertz CT molecular complexity index is 1230. The molecule has 0 bridgehead atoms. The Labute approximate surface area is 209 Å². The van der Waals surface area contributed by atoms with Crippen LogP contribution in [-0.2, 0) is 11.4 Å². The van der Waals surface area contributed by atoms with Gasteiger partial charge in [0.05, 0.1) is 6.61 Å². The Hall–Kier alpha value is -3.56. The number of anilines is 1. The summed E-state index contributed by atoms with van der Waals surface area (Å²) in [5, 5.41) is 12.5. The van der Waals surface area contributed by atoms with Gasteiger partial charge in [0.25, 0.3) is 5.91 Å². The Kier molecular flexibility index (Phi) is 8.50. The molecule has 174 valence electrons. The van der Waals surface area contributed by atoms with Crippen molar-refractivity contribution in [3.63, 3.8) is 0 Å². The molecule has 34 heavy (non-hydrogen) atoms. The molecule has 0 aliphatic heterocycles. The number of carbonyl (C=O) groups is 1. The van der Waals surface area contributed by atoms with Gasteiger partial charge in [-0.05, 0) is 80.3 Å². The van der Waals surface area contributed by atoms with Crippen molar-refractivity contribution in [1.29, 1.82) is 5.26 Å². The number of carbonyl (C=O) groups excluding carboxylic acids is 1. The average molecular weight is 519 g/mol. The van der Waals surface area contributed by atoms with E-state index in [1.54, 1.807) is 24.3 Å². The highest BCUT2D eigenvalue weighted by Crippen LogP contribution is 2.30. The van der Waals surface area contributed by atoms with Gasteiger partial charge in [0.2, 0.25) is 0 Å². The summed E-state index contributed by atoms with van der Waals surface area (Å²) in [6.07, 6.45) is 1.55. The lowest BCUT2D eigenvalue weighted by atomic mass is 10.0. The van der Waals surface area contributed by atoms with Crippen molar-refractivity contribution in [2.45, 2.75) is 34.3 Å². The van der Waals surface area contributed by atoms with Crippen LogP contribution in [0.1, 0.15) is 34.7 Å². The largest absolute Gasteiger partial charge is 0.490 e. The van der Waals surface area contributed by atoms with Crippen molar-refractivity contribution in [3.8, 4) is 17.6 Å². The number of aryl methyl sites for hydroxylation is 3. The fourth-order valence-corrected chi connectivity index (χ4v) is 3.88. The van der Waals surface area contributed by atoms with Crippen molar-refractivity contribution in [2.75, 3.05) is 11.9 Å². The Balaban J connectivity index is 1.81. The Morgan fingerprint density at radius 3 is 2.29 bits per heavy atom. The molecule has 3 rings (SSSR count). The van der Waals surface area contributed by atoms with Crippen LogP contribution in [0.2, 0.25) is 0 Å². The molecule has 0 radical (unpaired) electrons. The molecule has 3 aromatic carbocycles. The number of nitriles is 1. The molecule has 0 heterocycles. The molecule has 0 saturated heterocycles. The van der Waals surface area contributed by atoms with Gasteiger partial charge in [-0.2, -0.15) is 5.26 Å². The number of halogens is 1. The summed E-state index contributed by atoms with van der Waals surface area (Å²) in [5.74, 6) is 0.693. The standard InChI is InChI=1S/C28H27BrN2O3/c1-5-33-26-15-22(8-11-25(26)34-17-21-6-9-24(29)10-7-21)14-23(16-30)28(32)31-27-19(3)12-18(2)13-20(27)4/h6-15H,5,17H2,1-4H3,(H,31,32). The second-order valence-corrected chi connectivity index (χ2v) is 8.87. The van der Waals surface area contributed by atoms with Gasteiger partial charge in [-0.3, -0.25) is 4.79 Å². The lowest BCUT2D eigenvalue weighted by Gasteiger charge is -2.14. The van der Waals surface area contributed by atoms with Crippen LogP contribution in [0.25, 0.3) is 6.08 Å². The van der Waals surface area contributed by atoms with Gasteiger partial charge in [0.1, 0.15) is 18.2 Å². The number of rotatable bonds is 8. The number of hydrogen-bond donors (Lipinski definition) is 1. The highest BCUT2D eigenvalue weighted by Gasteiger charge is 2.14. The Morgan fingerprint density at radius 1 is 1.00 bits per heavy atom. The van der Waals surface area contributed by atoms with E-state index in [0.717, 1.165) is 32.4 Å². The summed E-state index contributed by atoms with van der Waals surface area (Å²) >= 11 is 3.43. The summed E-state index contributed by atoms with van der Waals surface area (Å²) < 4.78 is 12.7. The van der Waals surface area contributed by atoms with Gasteiger partial charge in [0, 0.05) is 10.2 Å². The molecule has 0 saturated carbocycles. The first kappa shape index (κ1) is 25.1. The first-order valence-corrected chi connectivity index (χ1v) is 11.7. The second kappa shape index (κ2) is 11.5. The highest BCUT2D eigenvalue weighted by atomic mass is 79.9. The van der Waals surface area contributed by atoms with Crippen LogP contribution in [0.4, 0.5) is 5.69 Å². The van der Waals surface area contributed by atoms with E-state index in [9.17, 15) is 10.1 Å². The highest BCUT2D eigenvalue weighted by molar-refractivity contribution is 9.10. The molecule has 0 aliphatic rings. The zero-order chi connectivity index (χ0) is 24.7. The smallest absolute Gasteiger partial charge is 0.266 e. The first-order chi connectivity index (χ1) is 16.3. The van der Waals surface area contributed by atoms with Crippen LogP contribution in [0.3, 0.4) is 0 Å². The third kappa shape index (κ3) is 6.49. The van der Waals surface area contributed by atoms with Gasteiger partial charge >= 0.3 is 0 Å². The van der Waals surface area contributed by atoms with E-state index in [1.165, 1.54) is 0 Å². The van der Waals surface area contributed by atoms with Crippen molar-refractivity contribution < 1.29 is 14.3 Å². The molecular formula is C28H27BrN2O3. The number of benzene rings is 3. The van der Waals surface area contributed by atoms with E-state index in [2.05, 4.69) is 21.2 Å². The molecule has 0 aromatic heterocycles. The normalized spacial score (nSPS) is 11.0. The van der Waals surface area contributed by atoms with Crippen LogP contribution in [0, 0.1) is 32.1 Å². The minimum Gasteiger partial charge on any atom is -0.490 e. The lowest BCUT2D eigenvalue weighted by Crippen LogP contribution is -2.15. The van der Waals surface area contributed by atoms with Crippen molar-refractivity contribution in [1.82, 2.24) is 0 Å². The molecule has 0 aliphatic carbocycles. The third-order valence-electron chi connectivity index (χ3n) is 5.17. The molecule has 0 spiro atoms. The van der Waals surface area contributed by atoms with Crippen LogP contribution >= 0.6 is 15.9 Å². The van der Waals surface area contributed by atoms with E-state index in [-0.39, 0.29) is 5.57 Å². The van der Waals surface area contributed by atoms with Gasteiger partial charge in [0.15, 0.2) is 11.5 Å². The molecule has 5 nitrogen and oxygen atoms in total. The topological polar surface area (TPSA) is 71.3 Å². The molecule has 6 heteroatoms. The maximum Gasteiger partial charge on any atom is 0.266 e. The van der Waals surface area contributed by atoms with Gasteiger partial charge in [-0.15, -0.1) is 0 Å². The summed E-state index contributed by atoms with van der Waals surface area (Å²) in [6.45, 7) is 8.62. The number of nitrogens with zero attached hydrogens (tertiary/aromatic N) is 1. The van der Waals surface area contributed by atoms with E-state index in [0.29, 0.717) is 30.3 Å². The number of nitrogens with one attached hydrogen (secondary N) is 1. The van der Waals surface area contributed by atoms with Gasteiger partial charge in [-0.25, -0.2) is 0 Å². The predicted octanol–water partition coefficient (Wildman–Crippen LogP) is 6.90. The second-order valence-electron chi connectivity index (χ2n) is 7.95. The Morgan fingerprint density at radius 2 is 1.68 bits per heavy atom. The average Bonchev–Trinajstić information content (AvgIpc) is 2.80. The van der Waals surface area contributed by atoms with E-state index >= 15 is 0 Å². The summed E-state index contributed by atoms with van der Waals surface area (Å²) in [6, 6.07) is 19.3. The van der Waals surface area contributed by atoms with Crippen molar-refractivity contribution in [3.05, 3.63) is 92.5 Å². The zero-order valence-corrected chi connectivity index (χ0v) is 21.3. The van der Waals surface area contributed by atoms with Gasteiger partial charge < -0.3 is 14.8 Å². The maximum absolute atomic E-state index is 12.8. The summed E-state index contributed by atoms with van der Waals surface area (Å²) in [4.78, 5) is 12.8. The molecule has 1 amide bonds. The van der Waals surface area contributed by atoms with E-state index in [4.69, 9.17) is 9.47 Å². The van der Waals surface area contributed by atoms with Crippen molar-refractivity contribution in [2.24, 2.45) is 0 Å². The molecule has 0 unspecified atom stereocenters. The third-order valence-corrected chi connectivity index (χ3v) is 5.70. The van der Waals surface area contributed by atoms with Crippen LogP contribution in [0.5, 0.6) is 11.5 Å². The molecule has 0 atom stereocenters. The zero-order valence-electron chi connectivity index (χ0n) is 19.7. The molecule has 0 fully saturated rings. The summed E-state index contributed by atoms with van der Waals surface area (Å²) in [7, 11) is 0. The van der Waals surface area contributed by atoms with Gasteiger partial charge in [-0.1, -0.05) is 51.8 Å². The van der Waals surface area contributed by atoms with Crippen molar-refractivity contribution >= 4 is 33.6 Å². The number of hydrogen-bond acceptors (Lipinski definition) is 4. The van der Waals surface area contributed by atoms with E-state index < -0.39 is 5.91 Å². The number of amides is 1. The van der Waals surface area contributed by atoms with E-state index in [1.807, 2.05) is 70.2 Å². The molecule has 3 aromatic rings. The minimum atomic E-state index is -0.453. The number of ether oxygens (including phenoxy) is 2. The molecular weight excluding hydrogens is 492 g/mol. The van der Waals surface area contributed by atoms with Crippen LogP contribution in [0.15, 0.2) is 64.6 Å². The van der Waals surface area contributed by atoms with Crippen LogP contribution in [-0.4, -0.2) is 12.5 Å².